The number of non-ortho nitro benzene ring substituents is 1. The summed E-state index contributed by atoms with van der Waals surface area (Å²) in [5.74, 6) is 0.0559. The van der Waals surface area contributed by atoms with Crippen LogP contribution >= 0.6 is 15.9 Å². The van der Waals surface area contributed by atoms with Crippen LogP contribution in [0.5, 0.6) is 5.75 Å². The van der Waals surface area contributed by atoms with Gasteiger partial charge in [-0.1, -0.05) is 52.3 Å². The quantitative estimate of drug-likeness (QED) is 0.181. The molecule has 0 saturated carbocycles. The Balaban J connectivity index is 1.22. The summed E-state index contributed by atoms with van der Waals surface area (Å²) in [4.78, 5) is 36.5. The standard InChI is InChI=1S/C29H26BrN3O7S/c30-24-7-1-22(2-8-24)3-11-26(34)12-4-23-5-13-27(14-6-23)40-21-29(35)31-17-19-32(20-18-31)41(38,39)28-15-9-25(10-16-28)33(36)37/h1-16H,17-21H2. The minimum atomic E-state index is -3.83. The Labute approximate surface area is 245 Å². The van der Waals surface area contributed by atoms with Gasteiger partial charge in [-0.05, 0) is 59.7 Å². The van der Waals surface area contributed by atoms with Crippen molar-refractivity contribution < 1.29 is 27.7 Å². The van der Waals surface area contributed by atoms with Crippen LogP contribution in [0.25, 0.3) is 12.2 Å². The van der Waals surface area contributed by atoms with Crippen LogP contribution in [-0.2, 0) is 19.6 Å². The molecule has 1 amide bonds. The Morgan fingerprint density at radius 1 is 0.854 bits per heavy atom. The molecular formula is C29H26BrN3O7S. The molecule has 0 aromatic heterocycles. The zero-order valence-electron chi connectivity index (χ0n) is 21.8. The van der Waals surface area contributed by atoms with Crippen molar-refractivity contribution in [3.05, 3.63) is 111 Å². The normalized spacial score (nSPS) is 14.4. The fourth-order valence-corrected chi connectivity index (χ4v) is 5.65. The zero-order chi connectivity index (χ0) is 29.4. The summed E-state index contributed by atoms with van der Waals surface area (Å²) in [6.45, 7) is 0.390. The number of hydrogen-bond donors (Lipinski definition) is 0. The number of rotatable bonds is 10. The van der Waals surface area contributed by atoms with Gasteiger partial charge in [0.1, 0.15) is 5.75 Å². The van der Waals surface area contributed by atoms with Gasteiger partial charge in [-0.15, -0.1) is 0 Å². The molecule has 12 heteroatoms. The van der Waals surface area contributed by atoms with Crippen molar-refractivity contribution in [2.45, 2.75) is 4.90 Å². The predicted molar refractivity (Wildman–Crippen MR) is 158 cm³/mol. The van der Waals surface area contributed by atoms with Crippen molar-refractivity contribution in [2.75, 3.05) is 32.8 Å². The maximum Gasteiger partial charge on any atom is 0.269 e. The Morgan fingerprint density at radius 2 is 1.39 bits per heavy atom. The molecule has 41 heavy (non-hydrogen) atoms. The van der Waals surface area contributed by atoms with Crippen LogP contribution in [0.1, 0.15) is 11.1 Å². The number of nitrogens with zero attached hydrogens (tertiary/aromatic N) is 3. The molecule has 0 bridgehead atoms. The minimum absolute atomic E-state index is 0.0361. The molecule has 0 N–H and O–H groups in total. The molecule has 0 unspecified atom stereocenters. The molecule has 1 fully saturated rings. The van der Waals surface area contributed by atoms with Crippen LogP contribution in [0, 0.1) is 10.1 Å². The molecule has 1 aliphatic heterocycles. The Morgan fingerprint density at radius 3 is 1.93 bits per heavy atom. The van der Waals surface area contributed by atoms with E-state index in [2.05, 4.69) is 15.9 Å². The average Bonchev–Trinajstić information content (AvgIpc) is 2.99. The molecular weight excluding hydrogens is 614 g/mol. The molecule has 1 aliphatic rings. The van der Waals surface area contributed by atoms with Crippen molar-refractivity contribution in [2.24, 2.45) is 0 Å². The van der Waals surface area contributed by atoms with Gasteiger partial charge in [0.25, 0.3) is 11.6 Å². The van der Waals surface area contributed by atoms with Gasteiger partial charge < -0.3 is 9.64 Å². The molecule has 1 heterocycles. The summed E-state index contributed by atoms with van der Waals surface area (Å²) in [6, 6.07) is 19.2. The second-order valence-electron chi connectivity index (χ2n) is 9.01. The van der Waals surface area contributed by atoms with E-state index in [0.29, 0.717) is 5.75 Å². The number of nitro groups is 1. The van der Waals surface area contributed by atoms with Gasteiger partial charge in [0, 0.05) is 42.8 Å². The van der Waals surface area contributed by atoms with Crippen LogP contribution in [0.2, 0.25) is 0 Å². The average molecular weight is 641 g/mol. The monoisotopic (exact) mass is 639 g/mol. The molecule has 4 rings (SSSR count). The first-order valence-corrected chi connectivity index (χ1v) is 14.8. The number of allylic oxidation sites excluding steroid dienone is 2. The van der Waals surface area contributed by atoms with E-state index in [-0.39, 0.29) is 55.1 Å². The van der Waals surface area contributed by atoms with Crippen LogP contribution in [0.3, 0.4) is 0 Å². The number of sulfonamides is 1. The maximum atomic E-state index is 12.9. The van der Waals surface area contributed by atoms with E-state index in [1.54, 1.807) is 36.4 Å². The third kappa shape index (κ3) is 8.19. The van der Waals surface area contributed by atoms with Crippen molar-refractivity contribution in [1.82, 2.24) is 9.21 Å². The first-order chi connectivity index (χ1) is 19.6. The topological polar surface area (TPSA) is 127 Å². The van der Waals surface area contributed by atoms with Crippen molar-refractivity contribution in [3.8, 4) is 5.75 Å². The number of halogens is 1. The smallest absolute Gasteiger partial charge is 0.269 e. The summed E-state index contributed by atoms with van der Waals surface area (Å²) >= 11 is 3.37. The van der Waals surface area contributed by atoms with Crippen LogP contribution in [-0.4, -0.2) is 67.0 Å². The number of ketones is 1. The summed E-state index contributed by atoms with van der Waals surface area (Å²) in [5.41, 5.74) is 1.51. The summed E-state index contributed by atoms with van der Waals surface area (Å²) < 4.78 is 33.6. The highest BCUT2D eigenvalue weighted by atomic mass is 79.9. The van der Waals surface area contributed by atoms with Gasteiger partial charge in [0.2, 0.25) is 10.0 Å². The van der Waals surface area contributed by atoms with E-state index >= 15 is 0 Å². The van der Waals surface area contributed by atoms with Gasteiger partial charge in [-0.3, -0.25) is 19.7 Å². The third-order valence-corrected chi connectivity index (χ3v) is 8.71. The number of benzene rings is 3. The lowest BCUT2D eigenvalue weighted by Crippen LogP contribution is -2.51. The van der Waals surface area contributed by atoms with E-state index in [9.17, 15) is 28.1 Å². The second kappa shape index (κ2) is 13.5. The van der Waals surface area contributed by atoms with Crippen LogP contribution in [0.4, 0.5) is 5.69 Å². The number of amides is 1. The molecule has 3 aromatic rings. The van der Waals surface area contributed by atoms with Crippen molar-refractivity contribution >= 4 is 55.5 Å². The number of carbonyl (C=O) groups is 2. The summed E-state index contributed by atoms with van der Waals surface area (Å²) in [5, 5.41) is 10.8. The second-order valence-corrected chi connectivity index (χ2v) is 11.9. The fraction of sp³-hybridized carbons (Fsp3) is 0.172. The molecule has 0 atom stereocenters. The molecule has 0 aliphatic carbocycles. The SMILES string of the molecule is O=C(C=Cc1ccc(Br)cc1)C=Cc1ccc(OCC(=O)N2CCN(S(=O)(=O)c3ccc([N+](=O)[O-])cc3)CC2)cc1. The van der Waals surface area contributed by atoms with E-state index in [1.807, 2.05) is 24.3 Å². The molecule has 10 nitrogen and oxygen atoms in total. The van der Waals surface area contributed by atoms with E-state index in [0.717, 1.165) is 27.7 Å². The Bertz CT molecular complexity index is 1560. The number of piperazine rings is 1. The number of hydrogen-bond acceptors (Lipinski definition) is 7. The van der Waals surface area contributed by atoms with Gasteiger partial charge in [-0.25, -0.2) is 8.42 Å². The number of carbonyl (C=O) groups excluding carboxylic acids is 2. The number of ether oxygens (including phenoxy) is 1. The molecule has 1 saturated heterocycles. The van der Waals surface area contributed by atoms with Gasteiger partial charge in [0.05, 0.1) is 9.82 Å². The number of nitro benzene ring substituents is 1. The van der Waals surface area contributed by atoms with Crippen molar-refractivity contribution in [1.29, 1.82) is 0 Å². The first-order valence-electron chi connectivity index (χ1n) is 12.5. The lowest BCUT2D eigenvalue weighted by molar-refractivity contribution is -0.384. The Hall–Kier alpha value is -4.13. The third-order valence-electron chi connectivity index (χ3n) is 6.27. The highest BCUT2D eigenvalue weighted by Crippen LogP contribution is 2.21. The van der Waals surface area contributed by atoms with Gasteiger partial charge >= 0.3 is 0 Å². The molecule has 212 valence electrons. The van der Waals surface area contributed by atoms with Gasteiger partial charge in [0.15, 0.2) is 12.4 Å². The van der Waals surface area contributed by atoms with Gasteiger partial charge in [-0.2, -0.15) is 4.31 Å². The largest absolute Gasteiger partial charge is 0.484 e. The van der Waals surface area contributed by atoms with E-state index in [1.165, 1.54) is 33.5 Å². The Kier molecular flexibility index (Phi) is 9.82. The molecule has 3 aromatic carbocycles. The fourth-order valence-electron chi connectivity index (χ4n) is 3.96. The van der Waals surface area contributed by atoms with Crippen LogP contribution in [0.15, 0.2) is 94.3 Å². The van der Waals surface area contributed by atoms with Crippen molar-refractivity contribution in [3.63, 3.8) is 0 Å². The van der Waals surface area contributed by atoms with E-state index in [4.69, 9.17) is 4.74 Å². The molecule has 0 spiro atoms. The maximum absolute atomic E-state index is 12.9. The predicted octanol–water partition coefficient (Wildman–Crippen LogP) is 4.56. The van der Waals surface area contributed by atoms with E-state index < -0.39 is 14.9 Å². The first kappa shape index (κ1) is 29.8. The highest BCUT2D eigenvalue weighted by molar-refractivity contribution is 9.10. The summed E-state index contributed by atoms with van der Waals surface area (Å²) in [7, 11) is -3.83. The minimum Gasteiger partial charge on any atom is -0.484 e. The summed E-state index contributed by atoms with van der Waals surface area (Å²) in [6.07, 6.45) is 6.39. The lowest BCUT2D eigenvalue weighted by atomic mass is 10.1. The van der Waals surface area contributed by atoms with Crippen LogP contribution < -0.4 is 4.74 Å². The zero-order valence-corrected chi connectivity index (χ0v) is 24.2. The molecule has 0 radical (unpaired) electrons. The lowest BCUT2D eigenvalue weighted by Gasteiger charge is -2.33. The highest BCUT2D eigenvalue weighted by Gasteiger charge is 2.30.